The van der Waals surface area contributed by atoms with E-state index >= 15 is 0 Å². The Labute approximate surface area is 212 Å². The smallest absolute Gasteiger partial charge is 0.327 e. The molecule has 0 aliphatic rings. The molecule has 2 amide bonds. The van der Waals surface area contributed by atoms with Crippen LogP contribution < -0.4 is 19.7 Å². The van der Waals surface area contributed by atoms with Gasteiger partial charge < -0.3 is 14.6 Å². The van der Waals surface area contributed by atoms with Crippen LogP contribution in [-0.4, -0.2) is 38.7 Å². The van der Waals surface area contributed by atoms with Crippen LogP contribution >= 0.6 is 11.6 Å². The number of aromatic nitrogens is 2. The van der Waals surface area contributed by atoms with Crippen molar-refractivity contribution in [1.29, 1.82) is 0 Å². The van der Waals surface area contributed by atoms with Crippen LogP contribution in [-0.2, 0) is 10.0 Å². The third-order valence-corrected chi connectivity index (χ3v) is 7.03. The van der Waals surface area contributed by atoms with Gasteiger partial charge in [-0.15, -0.1) is 0 Å². The minimum absolute atomic E-state index is 0.0313. The number of halogens is 1. The molecule has 36 heavy (non-hydrogen) atoms. The van der Waals surface area contributed by atoms with Gasteiger partial charge in [-0.2, -0.15) is 0 Å². The summed E-state index contributed by atoms with van der Waals surface area (Å²) in [7, 11) is -1.00. The van der Waals surface area contributed by atoms with Gasteiger partial charge in [0.1, 0.15) is 22.7 Å². The third kappa shape index (κ3) is 5.11. The van der Waals surface area contributed by atoms with Crippen molar-refractivity contribution >= 4 is 45.0 Å². The van der Waals surface area contributed by atoms with Crippen molar-refractivity contribution in [1.82, 2.24) is 15.5 Å². The number of carbonyl (C=O) groups excluding carboxylic acids is 1. The average Bonchev–Trinajstić information content (AvgIpc) is 3.38. The number of ether oxygens (including phenoxy) is 1. The van der Waals surface area contributed by atoms with Crippen LogP contribution in [0.2, 0.25) is 5.02 Å². The van der Waals surface area contributed by atoms with E-state index in [1.54, 1.807) is 12.1 Å². The number of rotatable bonds is 7. The summed E-state index contributed by atoms with van der Waals surface area (Å²) >= 11 is 6.32. The van der Waals surface area contributed by atoms with Crippen molar-refractivity contribution in [2.24, 2.45) is 0 Å². The first-order valence-electron chi connectivity index (χ1n) is 10.6. The van der Waals surface area contributed by atoms with E-state index < -0.39 is 16.1 Å². The number of amides is 2. The molecule has 0 saturated heterocycles. The highest BCUT2D eigenvalue weighted by atomic mass is 35.5. The summed E-state index contributed by atoms with van der Waals surface area (Å²) in [6.45, 7) is 1.91. The summed E-state index contributed by atoms with van der Waals surface area (Å²) in [6, 6.07) is 14.6. The molecule has 0 atom stereocenters. The molecule has 2 N–H and O–H groups in total. The number of hydrogen-bond donors (Lipinski definition) is 2. The number of urea groups is 1. The Morgan fingerprint density at radius 2 is 1.83 bits per heavy atom. The fraction of sp³-hybridized carbons (Fsp3) is 0.125. The van der Waals surface area contributed by atoms with Crippen molar-refractivity contribution in [2.45, 2.75) is 11.8 Å². The van der Waals surface area contributed by atoms with E-state index in [0.29, 0.717) is 16.5 Å². The molecule has 0 saturated carbocycles. The summed E-state index contributed by atoms with van der Waals surface area (Å²) in [5.74, 6) is 0.614. The number of nitrogens with one attached hydrogen (secondary N) is 2. The molecule has 0 aliphatic carbocycles. The standard InChI is InChI=1S/C24H22ClN5O5S/c1-15-4-5-16(12-19(15)25)17-6-8-21(34-3)20(13-17)30(24(31)26-2)23-9-7-18(14-27-23)36(32,33)29-22-10-11-35-28-22/h4-14H,1-3H3,(H,26,31)(H,28,29). The molecule has 0 unspecified atom stereocenters. The lowest BCUT2D eigenvalue weighted by molar-refractivity contribution is 0.250. The minimum atomic E-state index is -3.97. The number of hydrogen-bond acceptors (Lipinski definition) is 7. The van der Waals surface area contributed by atoms with Crippen LogP contribution in [0.3, 0.4) is 0 Å². The lowest BCUT2D eigenvalue weighted by atomic mass is 10.0. The van der Waals surface area contributed by atoms with Crippen LogP contribution in [0.1, 0.15) is 5.56 Å². The van der Waals surface area contributed by atoms with Crippen LogP contribution in [0.25, 0.3) is 11.1 Å². The lowest BCUT2D eigenvalue weighted by Gasteiger charge is -2.24. The molecule has 10 nitrogen and oxygen atoms in total. The third-order valence-electron chi connectivity index (χ3n) is 5.28. The topological polar surface area (TPSA) is 127 Å². The number of nitrogens with zero attached hydrogens (tertiary/aromatic N) is 3. The van der Waals surface area contributed by atoms with Gasteiger partial charge in [0.25, 0.3) is 10.0 Å². The average molecular weight is 528 g/mol. The summed E-state index contributed by atoms with van der Waals surface area (Å²) in [4.78, 5) is 18.4. The molecule has 12 heteroatoms. The molecule has 0 spiro atoms. The van der Waals surface area contributed by atoms with E-state index in [1.807, 2.05) is 31.2 Å². The molecule has 2 heterocycles. The normalized spacial score (nSPS) is 11.1. The maximum atomic E-state index is 13.0. The maximum Gasteiger partial charge on any atom is 0.327 e. The summed E-state index contributed by atoms with van der Waals surface area (Å²) in [5, 5.41) is 6.74. The molecule has 0 bridgehead atoms. The van der Waals surface area contributed by atoms with E-state index in [2.05, 4.69) is 24.7 Å². The minimum Gasteiger partial charge on any atom is -0.495 e. The Hall–Kier alpha value is -4.09. The fourth-order valence-electron chi connectivity index (χ4n) is 3.39. The van der Waals surface area contributed by atoms with Gasteiger partial charge in [0.05, 0.1) is 12.8 Å². The highest BCUT2D eigenvalue weighted by molar-refractivity contribution is 7.92. The van der Waals surface area contributed by atoms with Gasteiger partial charge in [0, 0.05) is 24.3 Å². The van der Waals surface area contributed by atoms with Crippen LogP contribution in [0, 0.1) is 6.92 Å². The molecule has 4 aromatic rings. The van der Waals surface area contributed by atoms with Gasteiger partial charge in [-0.05, 0) is 53.9 Å². The van der Waals surface area contributed by atoms with Gasteiger partial charge in [-0.1, -0.05) is 35.0 Å². The summed E-state index contributed by atoms with van der Waals surface area (Å²) in [5.41, 5.74) is 2.98. The molecule has 186 valence electrons. The molecule has 0 fully saturated rings. The van der Waals surface area contributed by atoms with Crippen LogP contribution in [0.5, 0.6) is 5.75 Å². The predicted octanol–water partition coefficient (Wildman–Crippen LogP) is 4.99. The zero-order chi connectivity index (χ0) is 25.9. The van der Waals surface area contributed by atoms with Crippen molar-refractivity contribution < 1.29 is 22.5 Å². The second-order valence-electron chi connectivity index (χ2n) is 7.58. The molecule has 4 rings (SSSR count). The van der Waals surface area contributed by atoms with Crippen LogP contribution in [0.15, 0.2) is 76.5 Å². The van der Waals surface area contributed by atoms with Gasteiger partial charge in [0.2, 0.25) is 0 Å². The number of sulfonamides is 1. The van der Waals surface area contributed by atoms with Crippen molar-refractivity contribution in [3.05, 3.63) is 77.6 Å². The quantitative estimate of drug-likeness (QED) is 0.347. The molecule has 0 aliphatic heterocycles. The largest absolute Gasteiger partial charge is 0.495 e. The zero-order valence-electron chi connectivity index (χ0n) is 19.5. The Bertz CT molecular complexity index is 1490. The van der Waals surface area contributed by atoms with Gasteiger partial charge >= 0.3 is 6.03 Å². The monoisotopic (exact) mass is 527 g/mol. The Morgan fingerprint density at radius 3 is 2.44 bits per heavy atom. The predicted molar refractivity (Wildman–Crippen MR) is 136 cm³/mol. The first kappa shape index (κ1) is 25.0. The van der Waals surface area contributed by atoms with Gasteiger partial charge in [-0.3, -0.25) is 4.72 Å². The van der Waals surface area contributed by atoms with E-state index in [0.717, 1.165) is 22.9 Å². The van der Waals surface area contributed by atoms with E-state index in [4.69, 9.17) is 16.3 Å². The molecular weight excluding hydrogens is 506 g/mol. The maximum absolute atomic E-state index is 13.0. The van der Waals surface area contributed by atoms with Crippen molar-refractivity contribution in [3.8, 4) is 16.9 Å². The molecule has 2 aromatic heterocycles. The summed E-state index contributed by atoms with van der Waals surface area (Å²) in [6.07, 6.45) is 2.39. The summed E-state index contributed by atoms with van der Waals surface area (Å²) < 4.78 is 37.7. The highest BCUT2D eigenvalue weighted by Gasteiger charge is 2.24. The first-order chi connectivity index (χ1) is 17.2. The Morgan fingerprint density at radius 1 is 1.08 bits per heavy atom. The second kappa shape index (κ2) is 10.3. The Balaban J connectivity index is 1.75. The second-order valence-corrected chi connectivity index (χ2v) is 9.67. The Kier molecular flexibility index (Phi) is 7.13. The fourth-order valence-corrected chi connectivity index (χ4v) is 4.51. The van der Waals surface area contributed by atoms with Gasteiger partial charge in [0.15, 0.2) is 5.82 Å². The van der Waals surface area contributed by atoms with Gasteiger partial charge in [-0.25, -0.2) is 23.1 Å². The van der Waals surface area contributed by atoms with E-state index in [9.17, 15) is 13.2 Å². The van der Waals surface area contributed by atoms with Crippen molar-refractivity contribution in [2.75, 3.05) is 23.8 Å². The van der Waals surface area contributed by atoms with E-state index in [1.165, 1.54) is 43.5 Å². The molecular formula is C24H22ClN5O5S. The van der Waals surface area contributed by atoms with Crippen LogP contribution in [0.4, 0.5) is 22.1 Å². The first-order valence-corrected chi connectivity index (χ1v) is 12.5. The number of carbonyl (C=O) groups is 1. The molecule has 2 aromatic carbocycles. The van der Waals surface area contributed by atoms with Crippen molar-refractivity contribution in [3.63, 3.8) is 0 Å². The highest BCUT2D eigenvalue weighted by Crippen LogP contribution is 2.37. The lowest BCUT2D eigenvalue weighted by Crippen LogP contribution is -2.35. The number of anilines is 3. The zero-order valence-corrected chi connectivity index (χ0v) is 21.1. The SMILES string of the molecule is CNC(=O)N(c1ccc(S(=O)(=O)Nc2ccon2)cn1)c1cc(-c2ccc(C)c(Cl)c2)ccc1OC. The number of pyridine rings is 1. The molecule has 0 radical (unpaired) electrons. The van der Waals surface area contributed by atoms with E-state index in [-0.39, 0.29) is 16.5 Å². The number of benzene rings is 2. The number of aryl methyl sites for hydroxylation is 1. The number of methoxy groups -OCH3 is 1.